The third-order valence-corrected chi connectivity index (χ3v) is 3.78. The van der Waals surface area contributed by atoms with Gasteiger partial charge in [-0.05, 0) is 19.1 Å². The molecule has 1 heterocycles. The smallest absolute Gasteiger partial charge is 0.263 e. The number of sulfonamides is 1. The highest BCUT2D eigenvalue weighted by Crippen LogP contribution is 2.16. The molecule has 0 spiro atoms. The number of aryl methyl sites for hydroxylation is 1. The molecule has 2 aromatic rings. The molecule has 7 heteroatoms. The van der Waals surface area contributed by atoms with Crippen LogP contribution in [0.3, 0.4) is 0 Å². The molecule has 0 radical (unpaired) electrons. The second kappa shape index (κ2) is 4.91. The first-order valence-electron chi connectivity index (χ1n) is 5.04. The Hall–Kier alpha value is -1.66. The molecule has 1 N–H and O–H groups in total. The lowest BCUT2D eigenvalue weighted by molar-refractivity contribution is 0.601. The number of nitrogens with zero attached hydrogens (tertiary/aromatic N) is 2. The molecular formula is C11H10ClN3O2S. The normalized spacial score (nSPS) is 11.2. The van der Waals surface area contributed by atoms with E-state index in [-0.39, 0.29) is 15.9 Å². The average molecular weight is 284 g/mol. The van der Waals surface area contributed by atoms with Gasteiger partial charge in [0.25, 0.3) is 10.0 Å². The largest absolute Gasteiger partial charge is 0.263 e. The summed E-state index contributed by atoms with van der Waals surface area (Å²) in [4.78, 5) is 7.62. The van der Waals surface area contributed by atoms with Crippen molar-refractivity contribution in [2.45, 2.75) is 11.8 Å². The summed E-state index contributed by atoms with van der Waals surface area (Å²) < 4.78 is 26.4. The molecule has 0 aliphatic rings. The molecule has 0 atom stereocenters. The highest BCUT2D eigenvalue weighted by Gasteiger charge is 2.14. The van der Waals surface area contributed by atoms with E-state index < -0.39 is 10.0 Å². The van der Waals surface area contributed by atoms with E-state index >= 15 is 0 Å². The Morgan fingerprint density at radius 2 is 1.83 bits per heavy atom. The van der Waals surface area contributed by atoms with Gasteiger partial charge >= 0.3 is 0 Å². The predicted molar refractivity (Wildman–Crippen MR) is 69.0 cm³/mol. The van der Waals surface area contributed by atoms with E-state index in [1.807, 2.05) is 6.92 Å². The van der Waals surface area contributed by atoms with Crippen molar-refractivity contribution in [3.05, 3.63) is 47.4 Å². The molecule has 1 aromatic heterocycles. The minimum absolute atomic E-state index is 0.135. The summed E-state index contributed by atoms with van der Waals surface area (Å²) in [6, 6.07) is 7.84. The van der Waals surface area contributed by atoms with Crippen LogP contribution in [0.4, 0.5) is 5.82 Å². The quantitative estimate of drug-likeness (QED) is 0.877. The number of hydrogen-bond acceptors (Lipinski definition) is 4. The Bertz CT molecular complexity index is 656. The summed E-state index contributed by atoms with van der Waals surface area (Å²) in [5.74, 6) is 0.135. The van der Waals surface area contributed by atoms with E-state index in [0.29, 0.717) is 0 Å². The standard InChI is InChI=1S/C11H10ClN3O2S/c1-8-2-4-9(5-3-8)18(16,17)15-11-6-10(12)13-7-14-11/h2-7H,1H3,(H,13,14,15). The maximum atomic E-state index is 12.0. The van der Waals surface area contributed by atoms with Gasteiger partial charge in [-0.3, -0.25) is 4.72 Å². The van der Waals surface area contributed by atoms with Gasteiger partial charge in [-0.25, -0.2) is 18.4 Å². The van der Waals surface area contributed by atoms with Crippen LogP contribution in [0.25, 0.3) is 0 Å². The van der Waals surface area contributed by atoms with Crippen molar-refractivity contribution in [1.82, 2.24) is 9.97 Å². The summed E-state index contributed by atoms with van der Waals surface area (Å²) in [7, 11) is -3.65. The summed E-state index contributed by atoms with van der Waals surface area (Å²) >= 11 is 5.65. The summed E-state index contributed by atoms with van der Waals surface area (Å²) in [5, 5.41) is 0.173. The molecule has 0 aliphatic heterocycles. The molecule has 0 amide bonds. The second-order valence-corrected chi connectivity index (χ2v) is 5.71. The van der Waals surface area contributed by atoms with Crippen molar-refractivity contribution >= 4 is 27.4 Å². The Kier molecular flexibility index (Phi) is 3.49. The van der Waals surface area contributed by atoms with Crippen LogP contribution in [0.1, 0.15) is 5.56 Å². The number of hydrogen-bond donors (Lipinski definition) is 1. The second-order valence-electron chi connectivity index (χ2n) is 3.64. The zero-order valence-electron chi connectivity index (χ0n) is 9.46. The fourth-order valence-corrected chi connectivity index (χ4v) is 2.45. The van der Waals surface area contributed by atoms with Crippen molar-refractivity contribution in [1.29, 1.82) is 0 Å². The number of halogens is 1. The highest BCUT2D eigenvalue weighted by atomic mass is 35.5. The molecule has 0 aliphatic carbocycles. The van der Waals surface area contributed by atoms with E-state index in [4.69, 9.17) is 11.6 Å². The lowest BCUT2D eigenvalue weighted by Gasteiger charge is -2.07. The molecule has 1 aromatic carbocycles. The third kappa shape index (κ3) is 2.96. The van der Waals surface area contributed by atoms with Gasteiger partial charge in [-0.15, -0.1) is 0 Å². The summed E-state index contributed by atoms with van der Waals surface area (Å²) in [5.41, 5.74) is 0.985. The summed E-state index contributed by atoms with van der Waals surface area (Å²) in [6.45, 7) is 1.88. The van der Waals surface area contributed by atoms with Gasteiger partial charge in [0.2, 0.25) is 0 Å². The van der Waals surface area contributed by atoms with E-state index in [1.165, 1.54) is 24.5 Å². The minimum atomic E-state index is -3.65. The molecule has 18 heavy (non-hydrogen) atoms. The van der Waals surface area contributed by atoms with Crippen LogP contribution in [0.5, 0.6) is 0 Å². The summed E-state index contributed by atoms with van der Waals surface area (Å²) in [6.07, 6.45) is 1.19. The van der Waals surface area contributed by atoms with Crippen LogP contribution in [0, 0.1) is 6.92 Å². The van der Waals surface area contributed by atoms with Crippen LogP contribution in [-0.2, 0) is 10.0 Å². The van der Waals surface area contributed by atoms with E-state index in [0.717, 1.165) is 5.56 Å². The molecule has 94 valence electrons. The molecule has 0 bridgehead atoms. The maximum absolute atomic E-state index is 12.0. The van der Waals surface area contributed by atoms with Gasteiger partial charge in [0.05, 0.1) is 4.90 Å². The topological polar surface area (TPSA) is 72.0 Å². The van der Waals surface area contributed by atoms with E-state index in [1.54, 1.807) is 12.1 Å². The first kappa shape index (κ1) is 12.8. The highest BCUT2D eigenvalue weighted by molar-refractivity contribution is 7.92. The number of nitrogens with one attached hydrogen (secondary N) is 1. The molecule has 0 saturated heterocycles. The van der Waals surface area contributed by atoms with E-state index in [9.17, 15) is 8.42 Å². The van der Waals surface area contributed by atoms with Gasteiger partial charge in [0.1, 0.15) is 17.3 Å². The Morgan fingerprint density at radius 3 is 2.44 bits per heavy atom. The first-order valence-corrected chi connectivity index (χ1v) is 6.90. The number of rotatable bonds is 3. The zero-order chi connectivity index (χ0) is 13.2. The first-order chi connectivity index (χ1) is 8.47. The van der Waals surface area contributed by atoms with Gasteiger partial charge in [0.15, 0.2) is 0 Å². The molecule has 5 nitrogen and oxygen atoms in total. The lowest BCUT2D eigenvalue weighted by Crippen LogP contribution is -2.13. The van der Waals surface area contributed by atoms with Crippen LogP contribution in [0.15, 0.2) is 41.6 Å². The number of anilines is 1. The molecular weight excluding hydrogens is 274 g/mol. The Labute approximate surface area is 110 Å². The monoisotopic (exact) mass is 283 g/mol. The predicted octanol–water partition coefficient (Wildman–Crippen LogP) is 2.24. The number of benzene rings is 1. The van der Waals surface area contributed by atoms with Gasteiger partial charge < -0.3 is 0 Å². The Balaban J connectivity index is 2.30. The SMILES string of the molecule is Cc1ccc(S(=O)(=O)Nc2cc(Cl)ncn2)cc1. The van der Waals surface area contributed by atoms with Crippen molar-refractivity contribution in [3.63, 3.8) is 0 Å². The van der Waals surface area contributed by atoms with Gasteiger partial charge in [-0.1, -0.05) is 29.3 Å². The fraction of sp³-hybridized carbons (Fsp3) is 0.0909. The molecule has 0 unspecified atom stereocenters. The molecule has 2 rings (SSSR count). The van der Waals surface area contributed by atoms with Crippen molar-refractivity contribution in [3.8, 4) is 0 Å². The lowest BCUT2D eigenvalue weighted by atomic mass is 10.2. The van der Waals surface area contributed by atoms with Crippen LogP contribution < -0.4 is 4.72 Å². The number of aromatic nitrogens is 2. The van der Waals surface area contributed by atoms with Gasteiger partial charge in [0, 0.05) is 6.07 Å². The van der Waals surface area contributed by atoms with Crippen LogP contribution >= 0.6 is 11.6 Å². The van der Waals surface area contributed by atoms with Crippen LogP contribution in [0.2, 0.25) is 5.15 Å². The van der Waals surface area contributed by atoms with Crippen molar-refractivity contribution in [2.24, 2.45) is 0 Å². The zero-order valence-corrected chi connectivity index (χ0v) is 11.0. The third-order valence-electron chi connectivity index (χ3n) is 2.20. The fourth-order valence-electron chi connectivity index (χ4n) is 1.30. The van der Waals surface area contributed by atoms with Crippen molar-refractivity contribution in [2.75, 3.05) is 4.72 Å². The van der Waals surface area contributed by atoms with Gasteiger partial charge in [-0.2, -0.15) is 0 Å². The Morgan fingerprint density at radius 1 is 1.17 bits per heavy atom. The molecule has 0 saturated carbocycles. The maximum Gasteiger partial charge on any atom is 0.263 e. The molecule has 0 fully saturated rings. The average Bonchev–Trinajstić information content (AvgIpc) is 2.29. The minimum Gasteiger partial charge on any atom is -0.263 e. The van der Waals surface area contributed by atoms with Crippen LogP contribution in [-0.4, -0.2) is 18.4 Å². The van der Waals surface area contributed by atoms with E-state index in [2.05, 4.69) is 14.7 Å². The van der Waals surface area contributed by atoms with Crippen molar-refractivity contribution < 1.29 is 8.42 Å².